The maximum atomic E-state index is 5.86. The lowest BCUT2D eigenvalue weighted by molar-refractivity contribution is 0.0635. The van der Waals surface area contributed by atoms with E-state index in [1.807, 2.05) is 0 Å². The zero-order chi connectivity index (χ0) is 11.9. The Morgan fingerprint density at radius 2 is 2.47 bits per heavy atom. The third-order valence-corrected chi connectivity index (χ3v) is 4.45. The number of rotatable bonds is 6. The number of hydrogen-bond donors (Lipinski definition) is 1. The van der Waals surface area contributed by atoms with Gasteiger partial charge in [-0.25, -0.2) is 0 Å². The van der Waals surface area contributed by atoms with Gasteiger partial charge in [-0.15, -0.1) is 11.3 Å². The Morgan fingerprint density at radius 3 is 3.18 bits per heavy atom. The third-order valence-electron chi connectivity index (χ3n) is 3.42. The molecule has 1 saturated heterocycles. The highest BCUT2D eigenvalue weighted by Gasteiger charge is 2.12. The van der Waals surface area contributed by atoms with Crippen LogP contribution in [0.1, 0.15) is 50.0 Å². The number of ether oxygens (including phenoxy) is 1. The molecule has 2 nitrogen and oxygen atoms in total. The van der Waals surface area contributed by atoms with Crippen LogP contribution in [0.2, 0.25) is 0 Å². The Kier molecular flexibility index (Phi) is 5.49. The van der Waals surface area contributed by atoms with Crippen LogP contribution in [0.25, 0.3) is 0 Å². The van der Waals surface area contributed by atoms with Gasteiger partial charge in [-0.1, -0.05) is 12.5 Å². The standard InChI is InChI=1S/C14H23NOS/c1-12(14-8-5-11-17-14)16-10-4-7-13-6-2-3-9-15-13/h5,8,11-13,15H,2-4,6-7,9-10H2,1H3/t12-,13+/m0/s1. The molecule has 1 aliphatic heterocycles. The summed E-state index contributed by atoms with van der Waals surface area (Å²) in [5.41, 5.74) is 0. The molecule has 0 spiro atoms. The van der Waals surface area contributed by atoms with E-state index in [0.29, 0.717) is 0 Å². The highest BCUT2D eigenvalue weighted by atomic mass is 32.1. The predicted molar refractivity (Wildman–Crippen MR) is 73.6 cm³/mol. The minimum atomic E-state index is 0.259. The quantitative estimate of drug-likeness (QED) is 0.780. The summed E-state index contributed by atoms with van der Waals surface area (Å²) in [6.07, 6.45) is 6.78. The average Bonchev–Trinajstić information content (AvgIpc) is 2.89. The summed E-state index contributed by atoms with van der Waals surface area (Å²) in [7, 11) is 0. The van der Waals surface area contributed by atoms with Gasteiger partial charge in [0.2, 0.25) is 0 Å². The summed E-state index contributed by atoms with van der Waals surface area (Å²) in [5.74, 6) is 0. The van der Waals surface area contributed by atoms with Crippen molar-refractivity contribution >= 4 is 11.3 Å². The third kappa shape index (κ3) is 4.41. The Bertz CT molecular complexity index is 293. The van der Waals surface area contributed by atoms with Gasteiger partial charge in [0.05, 0.1) is 6.10 Å². The van der Waals surface area contributed by atoms with Crippen molar-refractivity contribution in [2.75, 3.05) is 13.2 Å². The van der Waals surface area contributed by atoms with Gasteiger partial charge in [0, 0.05) is 17.5 Å². The second-order valence-electron chi connectivity index (χ2n) is 4.82. The van der Waals surface area contributed by atoms with Crippen LogP contribution in [0.3, 0.4) is 0 Å². The molecule has 2 atom stereocenters. The molecule has 0 unspecified atom stereocenters. The van der Waals surface area contributed by atoms with Gasteiger partial charge in [-0.05, 0) is 50.6 Å². The fraction of sp³-hybridized carbons (Fsp3) is 0.714. The van der Waals surface area contributed by atoms with E-state index in [1.54, 1.807) is 11.3 Å². The van der Waals surface area contributed by atoms with Crippen LogP contribution >= 0.6 is 11.3 Å². The van der Waals surface area contributed by atoms with E-state index in [9.17, 15) is 0 Å². The summed E-state index contributed by atoms with van der Waals surface area (Å²) in [6, 6.07) is 4.98. The van der Waals surface area contributed by atoms with Gasteiger partial charge in [-0.2, -0.15) is 0 Å². The van der Waals surface area contributed by atoms with E-state index in [-0.39, 0.29) is 6.10 Å². The van der Waals surface area contributed by atoms with E-state index < -0.39 is 0 Å². The van der Waals surface area contributed by atoms with E-state index in [1.165, 1.54) is 43.5 Å². The van der Waals surface area contributed by atoms with Gasteiger partial charge in [0.25, 0.3) is 0 Å². The summed E-state index contributed by atoms with van der Waals surface area (Å²) in [4.78, 5) is 1.33. The summed E-state index contributed by atoms with van der Waals surface area (Å²) >= 11 is 1.78. The first kappa shape index (κ1) is 13.1. The first-order chi connectivity index (χ1) is 8.36. The minimum Gasteiger partial charge on any atom is -0.373 e. The molecule has 0 saturated carbocycles. The van der Waals surface area contributed by atoms with Crippen molar-refractivity contribution in [2.24, 2.45) is 0 Å². The van der Waals surface area contributed by atoms with E-state index >= 15 is 0 Å². The molecule has 0 amide bonds. The second kappa shape index (κ2) is 7.14. The Balaban J connectivity index is 1.56. The normalized spacial score (nSPS) is 22.5. The van der Waals surface area contributed by atoms with Gasteiger partial charge >= 0.3 is 0 Å². The number of nitrogens with one attached hydrogen (secondary N) is 1. The predicted octanol–water partition coefficient (Wildman–Crippen LogP) is 3.75. The molecule has 2 rings (SSSR count). The number of hydrogen-bond acceptors (Lipinski definition) is 3. The second-order valence-corrected chi connectivity index (χ2v) is 5.80. The summed E-state index contributed by atoms with van der Waals surface area (Å²) in [6.45, 7) is 4.24. The molecule has 0 bridgehead atoms. The van der Waals surface area contributed by atoms with Crippen molar-refractivity contribution in [3.8, 4) is 0 Å². The molecule has 1 aromatic rings. The highest BCUT2D eigenvalue weighted by Crippen LogP contribution is 2.22. The summed E-state index contributed by atoms with van der Waals surface area (Å²) in [5, 5.41) is 5.69. The molecule has 1 fully saturated rings. The first-order valence-corrected chi connectivity index (χ1v) is 7.62. The molecule has 1 N–H and O–H groups in total. The van der Waals surface area contributed by atoms with Crippen LogP contribution < -0.4 is 5.32 Å². The van der Waals surface area contributed by atoms with Crippen LogP contribution in [0.15, 0.2) is 17.5 Å². The Labute approximate surface area is 108 Å². The van der Waals surface area contributed by atoms with Crippen LogP contribution in [-0.4, -0.2) is 19.2 Å². The van der Waals surface area contributed by atoms with Crippen molar-refractivity contribution in [1.82, 2.24) is 5.32 Å². The molecule has 0 aromatic carbocycles. The molecule has 2 heterocycles. The molecule has 1 aromatic heterocycles. The summed E-state index contributed by atoms with van der Waals surface area (Å²) < 4.78 is 5.86. The zero-order valence-electron chi connectivity index (χ0n) is 10.7. The Morgan fingerprint density at radius 1 is 1.53 bits per heavy atom. The van der Waals surface area contributed by atoms with Gasteiger partial charge in [0.1, 0.15) is 0 Å². The maximum absolute atomic E-state index is 5.86. The molecular formula is C14H23NOS. The van der Waals surface area contributed by atoms with Crippen molar-refractivity contribution < 1.29 is 4.74 Å². The van der Waals surface area contributed by atoms with Gasteiger partial charge in [-0.3, -0.25) is 0 Å². The maximum Gasteiger partial charge on any atom is 0.0888 e. The topological polar surface area (TPSA) is 21.3 Å². The molecular weight excluding hydrogens is 230 g/mol. The average molecular weight is 253 g/mol. The number of thiophene rings is 1. The van der Waals surface area contributed by atoms with Crippen molar-refractivity contribution in [1.29, 1.82) is 0 Å². The van der Waals surface area contributed by atoms with Crippen molar-refractivity contribution in [3.05, 3.63) is 22.4 Å². The van der Waals surface area contributed by atoms with E-state index in [0.717, 1.165) is 12.6 Å². The van der Waals surface area contributed by atoms with Crippen LogP contribution in [0.4, 0.5) is 0 Å². The largest absolute Gasteiger partial charge is 0.373 e. The van der Waals surface area contributed by atoms with E-state index in [2.05, 4.69) is 29.8 Å². The molecule has 0 radical (unpaired) electrons. The lowest BCUT2D eigenvalue weighted by Gasteiger charge is -2.23. The zero-order valence-corrected chi connectivity index (χ0v) is 11.5. The fourth-order valence-corrected chi connectivity index (χ4v) is 3.10. The van der Waals surface area contributed by atoms with Crippen LogP contribution in [-0.2, 0) is 4.74 Å². The lowest BCUT2D eigenvalue weighted by Crippen LogP contribution is -2.34. The molecule has 3 heteroatoms. The monoisotopic (exact) mass is 253 g/mol. The minimum absolute atomic E-state index is 0.259. The Hall–Kier alpha value is -0.380. The number of piperidine rings is 1. The first-order valence-electron chi connectivity index (χ1n) is 6.74. The lowest BCUT2D eigenvalue weighted by atomic mass is 10.0. The molecule has 17 heavy (non-hydrogen) atoms. The molecule has 96 valence electrons. The highest BCUT2D eigenvalue weighted by molar-refractivity contribution is 7.10. The van der Waals surface area contributed by atoms with Crippen molar-refractivity contribution in [2.45, 2.75) is 51.2 Å². The van der Waals surface area contributed by atoms with Gasteiger partial charge in [0.15, 0.2) is 0 Å². The van der Waals surface area contributed by atoms with E-state index in [4.69, 9.17) is 4.74 Å². The molecule has 0 aliphatic carbocycles. The SMILES string of the molecule is C[C@H](OCCC[C@H]1CCCCN1)c1cccs1. The van der Waals surface area contributed by atoms with Crippen LogP contribution in [0, 0.1) is 0 Å². The smallest absolute Gasteiger partial charge is 0.0888 e. The fourth-order valence-electron chi connectivity index (χ4n) is 2.36. The molecule has 1 aliphatic rings. The van der Waals surface area contributed by atoms with Crippen molar-refractivity contribution in [3.63, 3.8) is 0 Å². The van der Waals surface area contributed by atoms with Gasteiger partial charge < -0.3 is 10.1 Å². The van der Waals surface area contributed by atoms with Crippen LogP contribution in [0.5, 0.6) is 0 Å².